The number of aliphatic hydroxyl groups excluding tert-OH is 1. The van der Waals surface area contributed by atoms with Gasteiger partial charge in [0, 0.05) is 13.7 Å². The number of aliphatic hydroxyl groups is 1. The molecule has 1 N–H and O–H groups in total. The number of methoxy groups -OCH3 is 1. The van der Waals surface area contributed by atoms with E-state index >= 15 is 0 Å². The molecule has 1 atom stereocenters. The van der Waals surface area contributed by atoms with Gasteiger partial charge in [0.15, 0.2) is 0 Å². The number of hydrogen-bond acceptors (Lipinski definition) is 6. The smallest absolute Gasteiger partial charge is 0.320 e. The SMILES string of the molecule is CCOC(=O)CN(CC)CC(O)COCCOC. The molecule has 18 heavy (non-hydrogen) atoms. The predicted octanol–water partition coefficient (Wildman–Crippen LogP) is -0.105. The fourth-order valence-corrected chi connectivity index (χ4v) is 1.41. The summed E-state index contributed by atoms with van der Waals surface area (Å²) in [6.45, 7) is 6.53. The van der Waals surface area contributed by atoms with Crippen LogP contribution in [0.25, 0.3) is 0 Å². The minimum Gasteiger partial charge on any atom is -0.465 e. The second-order valence-electron chi connectivity index (χ2n) is 3.85. The van der Waals surface area contributed by atoms with Crippen molar-refractivity contribution in [1.82, 2.24) is 4.90 Å². The summed E-state index contributed by atoms with van der Waals surface area (Å²) in [6, 6.07) is 0. The first-order chi connectivity index (χ1) is 8.63. The van der Waals surface area contributed by atoms with Crippen LogP contribution in [-0.2, 0) is 19.0 Å². The molecular weight excluding hydrogens is 238 g/mol. The highest BCUT2D eigenvalue weighted by Crippen LogP contribution is 1.95. The van der Waals surface area contributed by atoms with Crippen LogP contribution >= 0.6 is 0 Å². The normalized spacial score (nSPS) is 12.7. The molecule has 0 bridgehead atoms. The van der Waals surface area contributed by atoms with Crippen LogP contribution in [0, 0.1) is 0 Å². The molecule has 6 nitrogen and oxygen atoms in total. The van der Waals surface area contributed by atoms with Crippen molar-refractivity contribution >= 4 is 5.97 Å². The Morgan fingerprint density at radius 1 is 1.33 bits per heavy atom. The van der Waals surface area contributed by atoms with Crippen molar-refractivity contribution in [3.8, 4) is 0 Å². The van der Waals surface area contributed by atoms with Gasteiger partial charge in [-0.25, -0.2) is 0 Å². The van der Waals surface area contributed by atoms with E-state index in [-0.39, 0.29) is 19.1 Å². The Morgan fingerprint density at radius 3 is 2.61 bits per heavy atom. The van der Waals surface area contributed by atoms with Gasteiger partial charge in [-0.05, 0) is 13.5 Å². The van der Waals surface area contributed by atoms with Crippen molar-refractivity contribution < 1.29 is 24.1 Å². The first kappa shape index (κ1) is 17.3. The Hall–Kier alpha value is -0.690. The van der Waals surface area contributed by atoms with Crippen molar-refractivity contribution in [1.29, 1.82) is 0 Å². The topological polar surface area (TPSA) is 68.2 Å². The molecule has 0 heterocycles. The van der Waals surface area contributed by atoms with Gasteiger partial charge in [-0.2, -0.15) is 0 Å². The van der Waals surface area contributed by atoms with Crippen LogP contribution < -0.4 is 0 Å². The fourth-order valence-electron chi connectivity index (χ4n) is 1.41. The molecule has 6 heteroatoms. The first-order valence-corrected chi connectivity index (χ1v) is 6.26. The average molecular weight is 263 g/mol. The van der Waals surface area contributed by atoms with Gasteiger partial charge in [-0.3, -0.25) is 9.69 Å². The van der Waals surface area contributed by atoms with Gasteiger partial charge in [0.2, 0.25) is 0 Å². The highest BCUT2D eigenvalue weighted by molar-refractivity contribution is 5.71. The maximum absolute atomic E-state index is 11.3. The van der Waals surface area contributed by atoms with E-state index in [1.807, 2.05) is 11.8 Å². The molecule has 0 aliphatic heterocycles. The van der Waals surface area contributed by atoms with Crippen LogP contribution in [0.15, 0.2) is 0 Å². The summed E-state index contributed by atoms with van der Waals surface area (Å²) in [6.07, 6.45) is -0.615. The highest BCUT2D eigenvalue weighted by Gasteiger charge is 2.14. The molecule has 0 amide bonds. The molecule has 0 radical (unpaired) electrons. The third-order valence-electron chi connectivity index (χ3n) is 2.32. The van der Waals surface area contributed by atoms with E-state index in [1.54, 1.807) is 14.0 Å². The van der Waals surface area contributed by atoms with E-state index in [1.165, 1.54) is 0 Å². The molecule has 108 valence electrons. The monoisotopic (exact) mass is 263 g/mol. The van der Waals surface area contributed by atoms with Gasteiger partial charge in [-0.1, -0.05) is 6.92 Å². The lowest BCUT2D eigenvalue weighted by molar-refractivity contribution is -0.144. The van der Waals surface area contributed by atoms with Crippen LogP contribution in [0.4, 0.5) is 0 Å². The molecule has 0 rings (SSSR count). The number of nitrogens with zero attached hydrogens (tertiary/aromatic N) is 1. The van der Waals surface area contributed by atoms with Gasteiger partial charge in [0.25, 0.3) is 0 Å². The van der Waals surface area contributed by atoms with Gasteiger partial charge in [0.1, 0.15) is 0 Å². The lowest BCUT2D eigenvalue weighted by atomic mass is 10.3. The van der Waals surface area contributed by atoms with Crippen molar-refractivity contribution in [2.24, 2.45) is 0 Å². The highest BCUT2D eigenvalue weighted by atomic mass is 16.5. The number of rotatable bonds is 11. The molecule has 0 aliphatic rings. The van der Waals surface area contributed by atoms with E-state index in [0.717, 1.165) is 0 Å². The minimum absolute atomic E-state index is 0.194. The van der Waals surface area contributed by atoms with Crippen LogP contribution in [0.1, 0.15) is 13.8 Å². The number of esters is 1. The average Bonchev–Trinajstić information content (AvgIpc) is 2.34. The summed E-state index contributed by atoms with van der Waals surface area (Å²) < 4.78 is 14.9. The Bertz CT molecular complexity index is 213. The van der Waals surface area contributed by atoms with E-state index in [9.17, 15) is 9.90 Å². The Morgan fingerprint density at radius 2 is 2.06 bits per heavy atom. The second kappa shape index (κ2) is 11.4. The Kier molecular flexibility index (Phi) is 11.0. The number of carbonyl (C=O) groups is 1. The summed E-state index contributed by atoms with van der Waals surface area (Å²) in [5, 5.41) is 9.73. The summed E-state index contributed by atoms with van der Waals surface area (Å²) in [5.41, 5.74) is 0. The summed E-state index contributed by atoms with van der Waals surface area (Å²) >= 11 is 0. The number of ether oxygens (including phenoxy) is 3. The Labute approximate surface area is 109 Å². The van der Waals surface area contributed by atoms with Gasteiger partial charge in [-0.15, -0.1) is 0 Å². The quantitative estimate of drug-likeness (QED) is 0.414. The molecule has 0 fully saturated rings. The number of carbonyl (C=O) groups excluding carboxylic acids is 1. The standard InChI is InChI=1S/C12H25NO5/c1-4-13(9-12(15)18-5-2)8-11(14)10-17-7-6-16-3/h11,14H,4-10H2,1-3H3. The predicted molar refractivity (Wildman–Crippen MR) is 67.4 cm³/mol. The van der Waals surface area contributed by atoms with Crippen molar-refractivity contribution in [3.05, 3.63) is 0 Å². The van der Waals surface area contributed by atoms with Crippen LogP contribution in [0.2, 0.25) is 0 Å². The zero-order valence-electron chi connectivity index (χ0n) is 11.6. The molecule has 0 aromatic carbocycles. The third-order valence-corrected chi connectivity index (χ3v) is 2.32. The summed E-state index contributed by atoms with van der Waals surface area (Å²) in [7, 11) is 1.60. The maximum atomic E-state index is 11.3. The van der Waals surface area contributed by atoms with Crippen molar-refractivity contribution in [2.45, 2.75) is 20.0 Å². The molecular formula is C12H25NO5. The van der Waals surface area contributed by atoms with Crippen molar-refractivity contribution in [2.75, 3.05) is 53.2 Å². The molecule has 0 spiro atoms. The third kappa shape index (κ3) is 9.35. The van der Waals surface area contributed by atoms with Gasteiger partial charge in [0.05, 0.1) is 39.1 Å². The molecule has 1 unspecified atom stereocenters. The molecule has 0 aromatic heterocycles. The first-order valence-electron chi connectivity index (χ1n) is 6.26. The van der Waals surface area contributed by atoms with Crippen LogP contribution in [-0.4, -0.2) is 75.3 Å². The summed E-state index contributed by atoms with van der Waals surface area (Å²) in [4.78, 5) is 13.1. The van der Waals surface area contributed by atoms with E-state index < -0.39 is 6.10 Å². The summed E-state index contributed by atoms with van der Waals surface area (Å²) in [5.74, 6) is -0.271. The molecule has 0 aromatic rings. The molecule has 0 saturated carbocycles. The number of hydrogen-bond donors (Lipinski definition) is 1. The maximum Gasteiger partial charge on any atom is 0.320 e. The van der Waals surface area contributed by atoms with Crippen LogP contribution in [0.3, 0.4) is 0 Å². The van der Waals surface area contributed by atoms with E-state index in [4.69, 9.17) is 14.2 Å². The van der Waals surface area contributed by atoms with Crippen molar-refractivity contribution in [3.63, 3.8) is 0 Å². The molecule has 0 saturated heterocycles. The molecule has 0 aliphatic carbocycles. The van der Waals surface area contributed by atoms with Gasteiger partial charge < -0.3 is 19.3 Å². The minimum atomic E-state index is -0.615. The number of likely N-dealkylation sites (N-methyl/N-ethyl adjacent to an activating group) is 1. The lowest BCUT2D eigenvalue weighted by Crippen LogP contribution is -2.38. The fraction of sp³-hybridized carbons (Fsp3) is 0.917. The lowest BCUT2D eigenvalue weighted by Gasteiger charge is -2.22. The van der Waals surface area contributed by atoms with Crippen LogP contribution in [0.5, 0.6) is 0 Å². The van der Waals surface area contributed by atoms with E-state index in [0.29, 0.717) is 32.9 Å². The van der Waals surface area contributed by atoms with Gasteiger partial charge >= 0.3 is 5.97 Å². The van der Waals surface area contributed by atoms with E-state index in [2.05, 4.69) is 0 Å². The largest absolute Gasteiger partial charge is 0.465 e. The second-order valence-corrected chi connectivity index (χ2v) is 3.85. The zero-order chi connectivity index (χ0) is 13.8. The Balaban J connectivity index is 3.78. The zero-order valence-corrected chi connectivity index (χ0v) is 11.6.